The average Bonchev–Trinajstić information content (AvgIpc) is 1.70. The van der Waals surface area contributed by atoms with Gasteiger partial charge in [0.2, 0.25) is 0 Å². The van der Waals surface area contributed by atoms with Gasteiger partial charge in [0.05, 0.1) is 0 Å². The van der Waals surface area contributed by atoms with Crippen molar-refractivity contribution in [2.24, 2.45) is 0 Å². The Morgan fingerprint density at radius 2 is 1.10 bits per heavy atom. The van der Waals surface area contributed by atoms with E-state index in [0.29, 0.717) is 0 Å². The summed E-state index contributed by atoms with van der Waals surface area (Å²) >= 11 is -0.556. The molecular weight excluding hydrogens is 247 g/mol. The standard InChI is InChI=1S/2C2H6O.2ClH.2Ti/c2*1-2-3;;;;/h2*3H,2H2,1H3;2*1H;;/q;;;;;+2/p-2. The fourth-order valence-corrected chi connectivity index (χ4v) is 0. The van der Waals surface area contributed by atoms with Gasteiger partial charge in [0, 0.05) is 34.9 Å². The zero-order valence-electron chi connectivity index (χ0n) is 6.06. The van der Waals surface area contributed by atoms with Crippen molar-refractivity contribution in [3.8, 4) is 0 Å². The summed E-state index contributed by atoms with van der Waals surface area (Å²) in [5.41, 5.74) is 0. The van der Waals surface area contributed by atoms with E-state index >= 15 is 0 Å². The molecule has 0 saturated heterocycles. The molecule has 0 fully saturated rings. The molecule has 2 nitrogen and oxygen atoms in total. The van der Waals surface area contributed by atoms with E-state index < -0.39 is 17.0 Å². The van der Waals surface area contributed by atoms with Crippen molar-refractivity contribution in [3.05, 3.63) is 0 Å². The van der Waals surface area contributed by atoms with Gasteiger partial charge in [-0.05, 0) is 13.8 Å². The van der Waals surface area contributed by atoms with Crippen molar-refractivity contribution in [1.29, 1.82) is 0 Å². The van der Waals surface area contributed by atoms with Crippen LogP contribution in [-0.4, -0.2) is 23.4 Å². The first kappa shape index (κ1) is 22.7. The molecule has 0 rings (SSSR count). The molecule has 0 saturated carbocycles. The maximum atomic E-state index is 7.57. The van der Waals surface area contributed by atoms with Gasteiger partial charge in [-0.2, -0.15) is 0 Å². The minimum Gasteiger partial charge on any atom is 0 e. The van der Waals surface area contributed by atoms with Crippen molar-refractivity contribution in [2.45, 2.75) is 13.8 Å². The van der Waals surface area contributed by atoms with E-state index in [-0.39, 0.29) is 34.9 Å². The van der Waals surface area contributed by atoms with E-state index in [1.807, 2.05) is 0 Å². The van der Waals surface area contributed by atoms with E-state index in [1.165, 1.54) is 0 Å². The van der Waals surface area contributed by atoms with Gasteiger partial charge < -0.3 is 10.2 Å². The van der Waals surface area contributed by atoms with Crippen LogP contribution >= 0.6 is 18.6 Å². The predicted molar refractivity (Wildman–Crippen MR) is 37.2 cm³/mol. The largest absolute Gasteiger partial charge is 0 e. The van der Waals surface area contributed by atoms with Crippen LogP contribution < -0.4 is 0 Å². The normalized spacial score (nSPS) is 5.00. The molecule has 0 aromatic rings. The number of halogens is 2. The molecule has 0 atom stereocenters. The minimum atomic E-state index is -0.556. The second-order valence-corrected chi connectivity index (χ2v) is 3.28. The van der Waals surface area contributed by atoms with E-state index in [1.54, 1.807) is 13.8 Å². The van der Waals surface area contributed by atoms with Crippen molar-refractivity contribution in [1.82, 2.24) is 0 Å². The van der Waals surface area contributed by atoms with E-state index in [2.05, 4.69) is 0 Å². The van der Waals surface area contributed by atoms with Gasteiger partial charge in [0.25, 0.3) is 0 Å². The molecule has 0 aromatic carbocycles. The fraction of sp³-hybridized carbons (Fsp3) is 1.00. The topological polar surface area (TPSA) is 40.5 Å². The summed E-state index contributed by atoms with van der Waals surface area (Å²) in [6, 6.07) is 0. The summed E-state index contributed by atoms with van der Waals surface area (Å²) in [6.07, 6.45) is 0. The first-order valence-electron chi connectivity index (χ1n) is 2.42. The number of rotatable bonds is 0. The summed E-state index contributed by atoms with van der Waals surface area (Å²) in [7, 11) is 9.78. The van der Waals surface area contributed by atoms with Crippen molar-refractivity contribution in [2.75, 3.05) is 13.2 Å². The number of hydrogen-bond donors (Lipinski definition) is 2. The molecule has 0 heterocycles. The van der Waals surface area contributed by atoms with Crippen LogP contribution in [0.2, 0.25) is 0 Å². The second kappa shape index (κ2) is 44.4. The predicted octanol–water partition coefficient (Wildman–Crippen LogP) is 1.37. The van der Waals surface area contributed by atoms with Gasteiger partial charge in [-0.3, -0.25) is 0 Å². The molecule has 6 heteroatoms. The van der Waals surface area contributed by atoms with Crippen LogP contribution in [-0.2, 0) is 38.7 Å². The molecule has 0 amide bonds. The molecule has 0 aliphatic carbocycles. The monoisotopic (exact) mass is 258 g/mol. The quantitative estimate of drug-likeness (QED) is 0.645. The average molecular weight is 259 g/mol. The van der Waals surface area contributed by atoms with Crippen LogP contribution in [0.1, 0.15) is 13.8 Å². The molecular formula is C4H12Cl2O2Ti2. The van der Waals surface area contributed by atoms with Crippen LogP contribution in [0.15, 0.2) is 0 Å². The number of aliphatic hydroxyl groups is 2. The Kier molecular flexibility index (Phi) is 101. The van der Waals surface area contributed by atoms with Crippen molar-refractivity contribution >= 4 is 18.6 Å². The minimum absolute atomic E-state index is 0. The Morgan fingerprint density at radius 1 is 1.10 bits per heavy atom. The zero-order valence-corrected chi connectivity index (χ0v) is 10.7. The van der Waals surface area contributed by atoms with Gasteiger partial charge >= 0.3 is 35.6 Å². The van der Waals surface area contributed by atoms with Crippen LogP contribution in [0.3, 0.4) is 0 Å². The van der Waals surface area contributed by atoms with E-state index in [4.69, 9.17) is 28.8 Å². The van der Waals surface area contributed by atoms with Crippen molar-refractivity contribution < 1.29 is 49.0 Å². The van der Waals surface area contributed by atoms with Gasteiger partial charge in [-0.25, -0.2) is 0 Å². The van der Waals surface area contributed by atoms with Gasteiger partial charge in [-0.15, -0.1) is 0 Å². The smallest absolute Gasteiger partial charge is 0 e. The first-order valence-corrected chi connectivity index (χ1v) is 6.72. The van der Waals surface area contributed by atoms with E-state index in [0.717, 1.165) is 0 Å². The van der Waals surface area contributed by atoms with Gasteiger partial charge in [0.1, 0.15) is 0 Å². The molecule has 0 aromatic heterocycles. The molecule has 0 unspecified atom stereocenters. The maximum absolute atomic E-state index is 7.57. The second-order valence-electron chi connectivity index (χ2n) is 0.704. The van der Waals surface area contributed by atoms with E-state index in [9.17, 15) is 0 Å². The van der Waals surface area contributed by atoms with Gasteiger partial charge in [0.15, 0.2) is 0 Å². The molecule has 2 N–H and O–H groups in total. The van der Waals surface area contributed by atoms with Crippen LogP contribution in [0.5, 0.6) is 0 Å². The third-order valence-corrected chi connectivity index (χ3v) is 0. The summed E-state index contributed by atoms with van der Waals surface area (Å²) < 4.78 is 0. The van der Waals surface area contributed by atoms with Crippen LogP contribution in [0.4, 0.5) is 0 Å². The zero-order chi connectivity index (χ0) is 8.12. The maximum Gasteiger partial charge on any atom is 0 e. The molecule has 0 spiro atoms. The van der Waals surface area contributed by atoms with Crippen molar-refractivity contribution in [3.63, 3.8) is 0 Å². The first-order chi connectivity index (χ1) is 4.24. The molecule has 0 aliphatic heterocycles. The molecule has 0 radical (unpaired) electrons. The molecule has 0 bridgehead atoms. The van der Waals surface area contributed by atoms with Crippen LogP contribution in [0, 0.1) is 0 Å². The molecule has 10 heavy (non-hydrogen) atoms. The fourth-order valence-electron chi connectivity index (χ4n) is 0. The number of hydrogen-bond acceptors (Lipinski definition) is 2. The van der Waals surface area contributed by atoms with Crippen LogP contribution in [0.25, 0.3) is 0 Å². The Balaban J connectivity index is -0.0000000257. The summed E-state index contributed by atoms with van der Waals surface area (Å²) in [5, 5.41) is 15.1. The molecule has 62 valence electrons. The third kappa shape index (κ3) is 213. The Hall–Kier alpha value is 1.93. The summed E-state index contributed by atoms with van der Waals surface area (Å²) in [6.45, 7) is 3.86. The summed E-state index contributed by atoms with van der Waals surface area (Å²) in [4.78, 5) is 0. The third-order valence-electron chi connectivity index (χ3n) is 0. The Labute approximate surface area is 93.9 Å². The summed E-state index contributed by atoms with van der Waals surface area (Å²) in [5.74, 6) is 0. The van der Waals surface area contributed by atoms with Gasteiger partial charge in [-0.1, -0.05) is 0 Å². The Bertz CT molecular complexity index is 24.0. The SMILES string of the molecule is CCO.CCO.[Cl][Ti][Cl].[Ti]. The molecule has 0 aliphatic rings. The number of aliphatic hydroxyl groups excluding tert-OH is 2. The Morgan fingerprint density at radius 3 is 1.10 bits per heavy atom.